The van der Waals surface area contributed by atoms with E-state index in [1.165, 1.54) is 11.1 Å². The van der Waals surface area contributed by atoms with Gasteiger partial charge in [0.1, 0.15) is 5.69 Å². The summed E-state index contributed by atoms with van der Waals surface area (Å²) >= 11 is 0. The number of pyridine rings is 1. The molecule has 1 unspecified atom stereocenters. The Morgan fingerprint density at radius 1 is 1.08 bits per heavy atom. The number of nitrogens with one attached hydrogen (secondary N) is 1. The van der Waals surface area contributed by atoms with Crippen LogP contribution in [0.2, 0.25) is 0 Å². The molecule has 0 saturated carbocycles. The summed E-state index contributed by atoms with van der Waals surface area (Å²) in [5.41, 5.74) is 3.87. The fraction of sp³-hybridized carbons (Fsp3) is 0.350. The number of likely N-dealkylation sites (tertiary alicyclic amines) is 1. The first-order valence-electron chi connectivity index (χ1n) is 8.71. The summed E-state index contributed by atoms with van der Waals surface area (Å²) in [6.45, 7) is 2.43. The molecule has 2 heterocycles. The lowest BCUT2D eigenvalue weighted by molar-refractivity contribution is -0.129. The third-order valence-electron chi connectivity index (χ3n) is 5.08. The van der Waals surface area contributed by atoms with E-state index in [2.05, 4.69) is 22.4 Å². The van der Waals surface area contributed by atoms with Gasteiger partial charge in [0.25, 0.3) is 5.91 Å². The van der Waals surface area contributed by atoms with E-state index < -0.39 is 0 Å². The number of aryl methyl sites for hydroxylation is 1. The summed E-state index contributed by atoms with van der Waals surface area (Å²) in [5.74, 6) is -0.0848. The maximum absolute atomic E-state index is 12.5. The Morgan fingerprint density at radius 3 is 2.48 bits per heavy atom. The topological polar surface area (TPSA) is 62.3 Å². The third kappa shape index (κ3) is 3.14. The smallest absolute Gasteiger partial charge is 0.270 e. The second-order valence-electron chi connectivity index (χ2n) is 6.92. The van der Waals surface area contributed by atoms with Crippen LogP contribution < -0.4 is 5.32 Å². The predicted molar refractivity (Wildman–Crippen MR) is 94.2 cm³/mol. The lowest BCUT2D eigenvalue weighted by Crippen LogP contribution is -2.41. The van der Waals surface area contributed by atoms with E-state index in [4.69, 9.17) is 0 Å². The molecule has 2 amide bonds. The summed E-state index contributed by atoms with van der Waals surface area (Å²) in [4.78, 5) is 31.0. The van der Waals surface area contributed by atoms with Gasteiger partial charge < -0.3 is 10.2 Å². The molecule has 1 atom stereocenters. The average molecular weight is 335 g/mol. The molecule has 2 aliphatic rings. The van der Waals surface area contributed by atoms with Crippen molar-refractivity contribution < 1.29 is 9.59 Å². The van der Waals surface area contributed by atoms with Gasteiger partial charge in [-0.3, -0.25) is 9.59 Å². The lowest BCUT2D eigenvalue weighted by Gasteiger charge is -2.24. The largest absolute Gasteiger partial charge is 0.346 e. The minimum atomic E-state index is -0.210. The number of fused-ring (bicyclic) bond motifs is 1. The third-order valence-corrected chi connectivity index (χ3v) is 5.08. The van der Waals surface area contributed by atoms with Gasteiger partial charge in [-0.1, -0.05) is 30.3 Å². The van der Waals surface area contributed by atoms with Gasteiger partial charge in [0.15, 0.2) is 0 Å². The zero-order valence-corrected chi connectivity index (χ0v) is 14.2. The molecule has 5 nitrogen and oxygen atoms in total. The van der Waals surface area contributed by atoms with Crippen molar-refractivity contribution in [3.63, 3.8) is 0 Å². The van der Waals surface area contributed by atoms with Crippen LogP contribution in [0.3, 0.4) is 0 Å². The van der Waals surface area contributed by atoms with Gasteiger partial charge in [-0.25, -0.2) is 4.98 Å². The molecule has 0 spiro atoms. The molecule has 1 aromatic heterocycles. The Hall–Kier alpha value is -2.69. The number of hydrogen-bond donors (Lipinski definition) is 1. The highest BCUT2D eigenvalue weighted by molar-refractivity contribution is 5.93. The molecular formula is C20H21N3O2. The van der Waals surface area contributed by atoms with E-state index in [1.54, 1.807) is 6.07 Å². The molecule has 0 radical (unpaired) electrons. The van der Waals surface area contributed by atoms with Crippen LogP contribution in [0.15, 0.2) is 42.5 Å². The fourth-order valence-corrected chi connectivity index (χ4v) is 3.87. The summed E-state index contributed by atoms with van der Waals surface area (Å²) < 4.78 is 0. The molecule has 1 N–H and O–H groups in total. The van der Waals surface area contributed by atoms with Crippen LogP contribution in [-0.2, 0) is 17.6 Å². The van der Waals surface area contributed by atoms with Gasteiger partial charge in [-0.2, -0.15) is 0 Å². The molecule has 2 aromatic rings. The Kier molecular flexibility index (Phi) is 3.99. The van der Waals surface area contributed by atoms with Crippen molar-refractivity contribution in [1.82, 2.24) is 15.2 Å². The zero-order chi connectivity index (χ0) is 17.4. The van der Waals surface area contributed by atoms with Gasteiger partial charge >= 0.3 is 0 Å². The van der Waals surface area contributed by atoms with Crippen LogP contribution in [0.5, 0.6) is 0 Å². The second kappa shape index (κ2) is 6.31. The molecule has 1 saturated heterocycles. The minimum absolute atomic E-state index is 0.125. The van der Waals surface area contributed by atoms with Crippen LogP contribution in [0, 0.1) is 6.92 Å². The van der Waals surface area contributed by atoms with Crippen LogP contribution in [0.1, 0.15) is 33.7 Å². The van der Waals surface area contributed by atoms with Gasteiger partial charge in [-0.05, 0) is 43.0 Å². The van der Waals surface area contributed by atoms with Crippen molar-refractivity contribution in [3.05, 3.63) is 65.0 Å². The Morgan fingerprint density at radius 2 is 1.80 bits per heavy atom. The highest BCUT2D eigenvalue weighted by atomic mass is 16.2. The predicted octanol–water partition coefficient (Wildman–Crippen LogP) is 1.89. The first kappa shape index (κ1) is 15.8. The number of nitrogens with zero attached hydrogens (tertiary/aromatic N) is 2. The monoisotopic (exact) mass is 335 g/mol. The highest BCUT2D eigenvalue weighted by Crippen LogP contribution is 2.28. The second-order valence-corrected chi connectivity index (χ2v) is 6.92. The Balaban J connectivity index is 1.40. The Labute approximate surface area is 147 Å². The number of carbonyl (C=O) groups is 2. The van der Waals surface area contributed by atoms with Crippen LogP contribution in [0.25, 0.3) is 0 Å². The van der Waals surface area contributed by atoms with E-state index in [0.717, 1.165) is 18.5 Å². The number of hydrogen-bond acceptors (Lipinski definition) is 3. The van der Waals surface area contributed by atoms with E-state index in [1.807, 2.05) is 36.1 Å². The molecule has 1 fully saturated rings. The number of carbonyl (C=O) groups excluding carboxylic acids is 2. The zero-order valence-electron chi connectivity index (χ0n) is 14.2. The standard InChI is InChI=1S/C20H21N3O2/c1-13-5-4-8-18(21-13)20(25)22-16-11-19(24)23(12-16)17-9-14-6-2-3-7-15(14)10-17/h2-8,16-17H,9-12H2,1H3,(H,22,25). The molecule has 5 heteroatoms. The molecule has 25 heavy (non-hydrogen) atoms. The molecule has 0 bridgehead atoms. The van der Waals surface area contributed by atoms with E-state index in [0.29, 0.717) is 18.7 Å². The van der Waals surface area contributed by atoms with Crippen molar-refractivity contribution >= 4 is 11.8 Å². The summed E-state index contributed by atoms with van der Waals surface area (Å²) in [6.07, 6.45) is 2.18. The Bertz CT molecular complexity index is 808. The van der Waals surface area contributed by atoms with E-state index in [-0.39, 0.29) is 23.9 Å². The van der Waals surface area contributed by atoms with Gasteiger partial charge in [0, 0.05) is 24.7 Å². The van der Waals surface area contributed by atoms with Crippen molar-refractivity contribution in [2.24, 2.45) is 0 Å². The molecule has 1 aliphatic carbocycles. The van der Waals surface area contributed by atoms with Gasteiger partial charge in [0.2, 0.25) is 5.91 Å². The fourth-order valence-electron chi connectivity index (χ4n) is 3.87. The molecular weight excluding hydrogens is 314 g/mol. The van der Waals surface area contributed by atoms with Gasteiger partial charge in [-0.15, -0.1) is 0 Å². The number of benzene rings is 1. The minimum Gasteiger partial charge on any atom is -0.346 e. The van der Waals surface area contributed by atoms with Crippen molar-refractivity contribution in [3.8, 4) is 0 Å². The van der Waals surface area contributed by atoms with E-state index in [9.17, 15) is 9.59 Å². The molecule has 1 aromatic carbocycles. The number of amides is 2. The average Bonchev–Trinajstić information content (AvgIpc) is 3.17. The van der Waals surface area contributed by atoms with Crippen LogP contribution >= 0.6 is 0 Å². The van der Waals surface area contributed by atoms with Crippen molar-refractivity contribution in [2.45, 2.75) is 38.3 Å². The summed E-state index contributed by atoms with van der Waals surface area (Å²) in [6, 6.07) is 13.8. The quantitative estimate of drug-likeness (QED) is 0.932. The first-order valence-corrected chi connectivity index (χ1v) is 8.71. The van der Waals surface area contributed by atoms with Crippen molar-refractivity contribution in [2.75, 3.05) is 6.54 Å². The number of rotatable bonds is 3. The maximum atomic E-state index is 12.5. The summed E-state index contributed by atoms with van der Waals surface area (Å²) in [7, 11) is 0. The van der Waals surface area contributed by atoms with Crippen LogP contribution in [-0.4, -0.2) is 40.3 Å². The highest BCUT2D eigenvalue weighted by Gasteiger charge is 2.37. The van der Waals surface area contributed by atoms with Crippen LogP contribution in [0.4, 0.5) is 0 Å². The number of aromatic nitrogens is 1. The maximum Gasteiger partial charge on any atom is 0.270 e. The SMILES string of the molecule is Cc1cccc(C(=O)NC2CC(=O)N(C3Cc4ccccc4C3)C2)n1. The van der Waals surface area contributed by atoms with E-state index >= 15 is 0 Å². The summed E-state index contributed by atoms with van der Waals surface area (Å²) in [5, 5.41) is 2.96. The van der Waals surface area contributed by atoms with Gasteiger partial charge in [0.05, 0.1) is 6.04 Å². The molecule has 128 valence electrons. The molecule has 4 rings (SSSR count). The van der Waals surface area contributed by atoms with Crippen molar-refractivity contribution in [1.29, 1.82) is 0 Å². The normalized spacial score (nSPS) is 20.0. The lowest BCUT2D eigenvalue weighted by atomic mass is 10.1. The first-order chi connectivity index (χ1) is 12.1. The molecule has 1 aliphatic heterocycles.